The zero-order valence-electron chi connectivity index (χ0n) is 11.6. The first-order chi connectivity index (χ1) is 10.6. The SMILES string of the molecule is O=C(NCc1ccc(B(O)O)cc1)c1cccc2ncoc12. The molecule has 3 aromatic rings. The molecular weight excluding hydrogens is 283 g/mol. The number of carbonyl (C=O) groups excluding carboxylic acids is 1. The highest BCUT2D eigenvalue weighted by Crippen LogP contribution is 2.17. The van der Waals surface area contributed by atoms with E-state index >= 15 is 0 Å². The number of carbonyl (C=O) groups is 1. The Bertz CT molecular complexity index is 799. The summed E-state index contributed by atoms with van der Waals surface area (Å²) in [6.45, 7) is 0.325. The number of amides is 1. The van der Waals surface area contributed by atoms with E-state index in [2.05, 4.69) is 10.3 Å². The van der Waals surface area contributed by atoms with Crippen molar-refractivity contribution >= 4 is 29.6 Å². The maximum atomic E-state index is 12.2. The second kappa shape index (κ2) is 6.01. The Balaban J connectivity index is 1.71. The molecule has 1 aromatic heterocycles. The Morgan fingerprint density at radius 3 is 2.68 bits per heavy atom. The van der Waals surface area contributed by atoms with E-state index in [0.717, 1.165) is 5.56 Å². The molecule has 0 spiro atoms. The fraction of sp³-hybridized carbons (Fsp3) is 0.0667. The summed E-state index contributed by atoms with van der Waals surface area (Å²) in [5.41, 5.74) is 2.77. The van der Waals surface area contributed by atoms with Crippen molar-refractivity contribution in [3.05, 3.63) is 60.0 Å². The van der Waals surface area contributed by atoms with Crippen molar-refractivity contribution in [2.45, 2.75) is 6.54 Å². The van der Waals surface area contributed by atoms with E-state index in [4.69, 9.17) is 14.5 Å². The van der Waals surface area contributed by atoms with Crippen LogP contribution in [0.25, 0.3) is 11.1 Å². The third kappa shape index (κ3) is 2.85. The van der Waals surface area contributed by atoms with Crippen molar-refractivity contribution < 1.29 is 19.3 Å². The molecule has 6 nitrogen and oxygen atoms in total. The topological polar surface area (TPSA) is 95.6 Å². The highest BCUT2D eigenvalue weighted by Gasteiger charge is 2.13. The van der Waals surface area contributed by atoms with Crippen LogP contribution in [0.4, 0.5) is 0 Å². The predicted molar refractivity (Wildman–Crippen MR) is 81.4 cm³/mol. The van der Waals surface area contributed by atoms with Gasteiger partial charge >= 0.3 is 7.12 Å². The molecule has 3 N–H and O–H groups in total. The number of nitrogens with one attached hydrogen (secondary N) is 1. The molecule has 3 rings (SSSR count). The molecule has 110 valence electrons. The fourth-order valence-corrected chi connectivity index (χ4v) is 2.15. The quantitative estimate of drug-likeness (QED) is 0.607. The summed E-state index contributed by atoms with van der Waals surface area (Å²) in [5, 5.41) is 20.9. The van der Waals surface area contributed by atoms with Gasteiger partial charge in [-0.1, -0.05) is 30.3 Å². The normalized spacial score (nSPS) is 10.6. The Kier molecular flexibility index (Phi) is 3.91. The van der Waals surface area contributed by atoms with Crippen LogP contribution in [0.5, 0.6) is 0 Å². The van der Waals surface area contributed by atoms with Gasteiger partial charge in [0.15, 0.2) is 12.0 Å². The molecule has 1 heterocycles. The van der Waals surface area contributed by atoms with E-state index in [-0.39, 0.29) is 5.91 Å². The van der Waals surface area contributed by atoms with Crippen molar-refractivity contribution in [3.8, 4) is 0 Å². The lowest BCUT2D eigenvalue weighted by molar-refractivity contribution is 0.0951. The van der Waals surface area contributed by atoms with Gasteiger partial charge in [-0.25, -0.2) is 4.98 Å². The number of fused-ring (bicyclic) bond motifs is 1. The summed E-state index contributed by atoms with van der Waals surface area (Å²) in [6.07, 6.45) is 1.31. The van der Waals surface area contributed by atoms with E-state index in [9.17, 15) is 4.79 Å². The molecule has 0 aliphatic heterocycles. The van der Waals surface area contributed by atoms with E-state index in [1.54, 1.807) is 42.5 Å². The van der Waals surface area contributed by atoms with Crippen LogP contribution in [-0.2, 0) is 6.54 Å². The molecule has 0 radical (unpaired) electrons. The lowest BCUT2D eigenvalue weighted by atomic mass is 9.80. The van der Waals surface area contributed by atoms with Crippen LogP contribution in [-0.4, -0.2) is 28.1 Å². The highest BCUT2D eigenvalue weighted by atomic mass is 16.4. The van der Waals surface area contributed by atoms with Crippen molar-refractivity contribution in [3.63, 3.8) is 0 Å². The number of hydrogen-bond donors (Lipinski definition) is 3. The Hall–Kier alpha value is -2.64. The standard InChI is InChI=1S/C15H13BN2O4/c19-15(12-2-1-3-13-14(12)22-9-18-13)17-8-10-4-6-11(7-5-10)16(20)21/h1-7,9,20-21H,8H2,(H,17,19). The number of aromatic nitrogens is 1. The van der Waals surface area contributed by atoms with Gasteiger partial charge in [0.05, 0.1) is 5.56 Å². The van der Waals surface area contributed by atoms with Crippen molar-refractivity contribution in [1.29, 1.82) is 0 Å². The van der Waals surface area contributed by atoms with Crippen molar-refractivity contribution in [1.82, 2.24) is 10.3 Å². The average Bonchev–Trinajstić information content (AvgIpc) is 3.01. The van der Waals surface area contributed by atoms with Gasteiger partial charge in [-0.05, 0) is 23.2 Å². The summed E-state index contributed by atoms with van der Waals surface area (Å²) in [4.78, 5) is 16.2. The number of benzene rings is 2. The number of rotatable bonds is 4. The predicted octanol–water partition coefficient (Wildman–Crippen LogP) is 0.438. The lowest BCUT2D eigenvalue weighted by Crippen LogP contribution is -2.29. The van der Waals surface area contributed by atoms with E-state index in [1.165, 1.54) is 6.39 Å². The van der Waals surface area contributed by atoms with E-state index in [1.807, 2.05) is 0 Å². The molecule has 0 aliphatic rings. The average molecular weight is 296 g/mol. The molecule has 7 heteroatoms. The second-order valence-corrected chi connectivity index (χ2v) is 4.80. The maximum Gasteiger partial charge on any atom is 0.488 e. The van der Waals surface area contributed by atoms with Crippen LogP contribution >= 0.6 is 0 Å². The number of para-hydroxylation sites is 1. The van der Waals surface area contributed by atoms with Crippen LogP contribution in [0.3, 0.4) is 0 Å². The Morgan fingerprint density at radius 1 is 1.18 bits per heavy atom. The smallest absolute Gasteiger partial charge is 0.443 e. The molecule has 0 unspecified atom stereocenters. The first-order valence-electron chi connectivity index (χ1n) is 6.70. The van der Waals surface area contributed by atoms with Crippen molar-refractivity contribution in [2.75, 3.05) is 0 Å². The minimum atomic E-state index is -1.49. The van der Waals surface area contributed by atoms with Crippen LogP contribution in [0, 0.1) is 0 Å². The molecule has 0 saturated heterocycles. The second-order valence-electron chi connectivity index (χ2n) is 4.80. The van der Waals surface area contributed by atoms with Crippen LogP contribution in [0.15, 0.2) is 53.3 Å². The number of hydrogen-bond acceptors (Lipinski definition) is 5. The third-order valence-corrected chi connectivity index (χ3v) is 3.33. The third-order valence-electron chi connectivity index (χ3n) is 3.33. The van der Waals surface area contributed by atoms with Gasteiger partial charge in [-0.3, -0.25) is 4.79 Å². The van der Waals surface area contributed by atoms with E-state index < -0.39 is 7.12 Å². The largest absolute Gasteiger partial charge is 0.488 e. The molecular formula is C15H13BN2O4. The van der Waals surface area contributed by atoms with E-state index in [0.29, 0.717) is 28.7 Å². The number of nitrogens with zero attached hydrogens (tertiary/aromatic N) is 1. The highest BCUT2D eigenvalue weighted by molar-refractivity contribution is 6.58. The van der Waals surface area contributed by atoms with Gasteiger partial charge in [0, 0.05) is 6.54 Å². The lowest BCUT2D eigenvalue weighted by Gasteiger charge is -2.06. The molecule has 0 bridgehead atoms. The minimum Gasteiger partial charge on any atom is -0.443 e. The van der Waals surface area contributed by atoms with Gasteiger partial charge in [-0.15, -0.1) is 0 Å². The van der Waals surface area contributed by atoms with Gasteiger partial charge < -0.3 is 19.8 Å². The van der Waals surface area contributed by atoms with Gasteiger partial charge in [0.1, 0.15) is 5.52 Å². The Labute approximate surface area is 126 Å². The maximum absolute atomic E-state index is 12.2. The first-order valence-corrected chi connectivity index (χ1v) is 6.70. The summed E-state index contributed by atoms with van der Waals surface area (Å²) < 4.78 is 5.24. The summed E-state index contributed by atoms with van der Waals surface area (Å²) in [7, 11) is -1.49. The van der Waals surface area contributed by atoms with Gasteiger partial charge in [0.2, 0.25) is 0 Å². The van der Waals surface area contributed by atoms with Crippen LogP contribution in [0.1, 0.15) is 15.9 Å². The number of oxazole rings is 1. The monoisotopic (exact) mass is 296 g/mol. The molecule has 1 amide bonds. The molecule has 2 aromatic carbocycles. The Morgan fingerprint density at radius 2 is 1.95 bits per heavy atom. The first kappa shape index (κ1) is 14.3. The molecule has 0 fully saturated rings. The molecule has 0 saturated carbocycles. The van der Waals surface area contributed by atoms with Gasteiger partial charge in [0.25, 0.3) is 5.91 Å². The molecule has 22 heavy (non-hydrogen) atoms. The van der Waals surface area contributed by atoms with Gasteiger partial charge in [-0.2, -0.15) is 0 Å². The van der Waals surface area contributed by atoms with Crippen LogP contribution in [0.2, 0.25) is 0 Å². The zero-order valence-corrected chi connectivity index (χ0v) is 11.6. The molecule has 0 atom stereocenters. The zero-order chi connectivity index (χ0) is 15.5. The summed E-state index contributed by atoms with van der Waals surface area (Å²) in [6, 6.07) is 11.8. The van der Waals surface area contributed by atoms with Crippen molar-refractivity contribution in [2.24, 2.45) is 0 Å². The van der Waals surface area contributed by atoms with Crippen LogP contribution < -0.4 is 10.8 Å². The molecule has 0 aliphatic carbocycles. The minimum absolute atomic E-state index is 0.256. The fourth-order valence-electron chi connectivity index (χ4n) is 2.15. The summed E-state index contributed by atoms with van der Waals surface area (Å²) >= 11 is 0. The summed E-state index contributed by atoms with van der Waals surface area (Å²) in [5.74, 6) is -0.256.